The van der Waals surface area contributed by atoms with Crippen molar-refractivity contribution in [3.8, 4) is 5.75 Å². The van der Waals surface area contributed by atoms with E-state index in [0.717, 1.165) is 12.8 Å². The van der Waals surface area contributed by atoms with Gasteiger partial charge in [0.05, 0.1) is 26.4 Å². The number of benzene rings is 1. The lowest BCUT2D eigenvalue weighted by Gasteiger charge is -2.29. The molecule has 226 valence electrons. The molecule has 0 aromatic heterocycles. The number of hydrogen-bond acceptors (Lipinski definition) is 9. The smallest absolute Gasteiger partial charge is 0.258 e. The van der Waals surface area contributed by atoms with Crippen LogP contribution in [0.3, 0.4) is 0 Å². The molecule has 3 saturated heterocycles. The minimum Gasteiger partial charge on any atom is -0.484 e. The fourth-order valence-electron chi connectivity index (χ4n) is 5.11. The molecule has 0 saturated carbocycles. The van der Waals surface area contributed by atoms with Crippen LogP contribution in [0.4, 0.5) is 0 Å². The van der Waals surface area contributed by atoms with Gasteiger partial charge in [-0.25, -0.2) is 0 Å². The largest absolute Gasteiger partial charge is 0.484 e. The zero-order valence-electron chi connectivity index (χ0n) is 23.4. The van der Waals surface area contributed by atoms with Crippen LogP contribution in [0.15, 0.2) is 30.3 Å². The van der Waals surface area contributed by atoms with E-state index < -0.39 is 6.04 Å². The van der Waals surface area contributed by atoms with Crippen molar-refractivity contribution in [1.29, 1.82) is 0 Å². The van der Waals surface area contributed by atoms with Gasteiger partial charge in [0.2, 0.25) is 17.7 Å². The predicted molar refractivity (Wildman–Crippen MR) is 147 cm³/mol. The molecule has 4 amide bonds. The Morgan fingerprint density at radius 3 is 2.51 bits per heavy atom. The van der Waals surface area contributed by atoms with Gasteiger partial charge in [-0.15, -0.1) is 0 Å². The van der Waals surface area contributed by atoms with Crippen LogP contribution in [0.5, 0.6) is 5.75 Å². The molecular formula is C28H41N5O8. The van der Waals surface area contributed by atoms with E-state index in [1.54, 1.807) is 17.0 Å². The molecule has 1 aromatic carbocycles. The second-order valence-corrected chi connectivity index (χ2v) is 10.3. The van der Waals surface area contributed by atoms with Gasteiger partial charge in [-0.2, -0.15) is 0 Å². The summed E-state index contributed by atoms with van der Waals surface area (Å²) in [5.41, 5.74) is 0. The first-order chi connectivity index (χ1) is 20.0. The van der Waals surface area contributed by atoms with E-state index in [1.807, 2.05) is 18.2 Å². The lowest BCUT2D eigenvalue weighted by atomic mass is 10.1. The molecule has 3 heterocycles. The topological polar surface area (TPSA) is 148 Å². The summed E-state index contributed by atoms with van der Waals surface area (Å²) < 4.78 is 21.9. The van der Waals surface area contributed by atoms with Gasteiger partial charge in [-0.05, 0) is 31.4 Å². The molecular weight excluding hydrogens is 534 g/mol. The molecule has 13 heteroatoms. The van der Waals surface area contributed by atoms with Crippen molar-refractivity contribution in [2.75, 3.05) is 79.0 Å². The zero-order chi connectivity index (χ0) is 28.9. The lowest BCUT2D eigenvalue weighted by Crippen LogP contribution is -2.51. The molecule has 2 atom stereocenters. The van der Waals surface area contributed by atoms with Gasteiger partial charge in [0, 0.05) is 51.5 Å². The van der Waals surface area contributed by atoms with Gasteiger partial charge in [0.1, 0.15) is 18.4 Å². The minimum atomic E-state index is -0.659. The molecule has 13 nitrogen and oxygen atoms in total. The van der Waals surface area contributed by atoms with Crippen LogP contribution in [0.2, 0.25) is 0 Å². The summed E-state index contributed by atoms with van der Waals surface area (Å²) in [4.78, 5) is 54.9. The standard InChI is InChI=1S/C28H41N5O8/c34-25(19-41-23-4-2-1-3-5-23)29-8-10-32-18-26(35)33-17-22(31-21-6-11-38-12-7-21)16-24(33)28(37)30-9-13-39-14-15-40-20-27(32)36/h1-5,21-22,24,31H,6-20H2,(H,29,34)(H,30,37)/t22-,24-/m0/s1. The summed E-state index contributed by atoms with van der Waals surface area (Å²) in [6.07, 6.45) is 2.23. The number of nitrogens with one attached hydrogen (secondary N) is 3. The zero-order valence-corrected chi connectivity index (χ0v) is 23.4. The third kappa shape index (κ3) is 9.95. The minimum absolute atomic E-state index is 0.0516. The Hall–Kier alpha value is -3.26. The van der Waals surface area contributed by atoms with Crippen LogP contribution in [0.25, 0.3) is 0 Å². The molecule has 3 fully saturated rings. The van der Waals surface area contributed by atoms with E-state index in [-0.39, 0.29) is 81.8 Å². The SMILES string of the molecule is O=C(COc1ccccc1)NCCN1CC(=O)N2C[C@@H](NC3CCOCC3)C[C@H]2C(=O)NCCOCCOCC1=O. The molecule has 0 spiro atoms. The molecule has 0 aliphatic carbocycles. The highest BCUT2D eigenvalue weighted by atomic mass is 16.5. The maximum absolute atomic E-state index is 13.6. The number of amides is 4. The van der Waals surface area contributed by atoms with Crippen molar-refractivity contribution in [3.05, 3.63) is 30.3 Å². The van der Waals surface area contributed by atoms with Crippen LogP contribution >= 0.6 is 0 Å². The summed E-state index contributed by atoms with van der Waals surface area (Å²) in [6.45, 7) is 2.39. The van der Waals surface area contributed by atoms with Crippen LogP contribution < -0.4 is 20.7 Å². The Morgan fingerprint density at radius 1 is 0.951 bits per heavy atom. The number of para-hydroxylation sites is 1. The molecule has 1 aromatic rings. The van der Waals surface area contributed by atoms with E-state index in [0.29, 0.717) is 45.1 Å². The predicted octanol–water partition coefficient (Wildman–Crippen LogP) is -1.09. The number of carbonyl (C=O) groups excluding carboxylic acids is 4. The third-order valence-corrected chi connectivity index (χ3v) is 7.26. The molecule has 3 N–H and O–H groups in total. The fourth-order valence-corrected chi connectivity index (χ4v) is 5.11. The number of fused-ring (bicyclic) bond motifs is 1. The van der Waals surface area contributed by atoms with Gasteiger partial charge < -0.3 is 44.7 Å². The second-order valence-electron chi connectivity index (χ2n) is 10.3. The molecule has 41 heavy (non-hydrogen) atoms. The van der Waals surface area contributed by atoms with E-state index in [2.05, 4.69) is 16.0 Å². The van der Waals surface area contributed by atoms with E-state index in [4.69, 9.17) is 18.9 Å². The highest BCUT2D eigenvalue weighted by Gasteiger charge is 2.40. The summed E-state index contributed by atoms with van der Waals surface area (Å²) >= 11 is 0. The van der Waals surface area contributed by atoms with E-state index in [1.165, 1.54) is 4.90 Å². The number of rotatable bonds is 8. The molecule has 3 aliphatic rings. The Bertz CT molecular complexity index is 1010. The van der Waals surface area contributed by atoms with Gasteiger partial charge in [-0.1, -0.05) is 18.2 Å². The summed E-state index contributed by atoms with van der Waals surface area (Å²) in [5, 5.41) is 9.19. The van der Waals surface area contributed by atoms with Crippen LogP contribution in [0.1, 0.15) is 19.3 Å². The summed E-state index contributed by atoms with van der Waals surface area (Å²) in [6, 6.07) is 8.53. The Labute approximate surface area is 240 Å². The molecule has 0 bridgehead atoms. The van der Waals surface area contributed by atoms with Gasteiger partial charge in [0.15, 0.2) is 6.61 Å². The van der Waals surface area contributed by atoms with Crippen LogP contribution in [0, 0.1) is 0 Å². The Morgan fingerprint density at radius 2 is 1.71 bits per heavy atom. The quantitative estimate of drug-likeness (QED) is 0.352. The fraction of sp³-hybridized carbons (Fsp3) is 0.643. The van der Waals surface area contributed by atoms with Gasteiger partial charge in [-0.3, -0.25) is 19.2 Å². The third-order valence-electron chi connectivity index (χ3n) is 7.26. The maximum Gasteiger partial charge on any atom is 0.258 e. The number of carbonyl (C=O) groups is 4. The molecule has 4 rings (SSSR count). The van der Waals surface area contributed by atoms with Gasteiger partial charge in [0.25, 0.3) is 5.91 Å². The summed E-state index contributed by atoms with van der Waals surface area (Å²) in [7, 11) is 0. The number of nitrogens with zero attached hydrogens (tertiary/aromatic N) is 2. The first kappa shape index (κ1) is 30.7. The van der Waals surface area contributed by atoms with E-state index in [9.17, 15) is 19.2 Å². The highest BCUT2D eigenvalue weighted by Crippen LogP contribution is 2.21. The van der Waals surface area contributed by atoms with Crippen molar-refractivity contribution in [1.82, 2.24) is 25.8 Å². The molecule has 3 aliphatic heterocycles. The first-order valence-electron chi connectivity index (χ1n) is 14.3. The highest BCUT2D eigenvalue weighted by molar-refractivity contribution is 5.91. The lowest BCUT2D eigenvalue weighted by molar-refractivity contribution is -0.145. The van der Waals surface area contributed by atoms with Gasteiger partial charge >= 0.3 is 0 Å². The van der Waals surface area contributed by atoms with Crippen molar-refractivity contribution in [3.63, 3.8) is 0 Å². The molecule has 0 radical (unpaired) electrons. The summed E-state index contributed by atoms with van der Waals surface area (Å²) in [5.74, 6) is -0.741. The monoisotopic (exact) mass is 575 g/mol. The van der Waals surface area contributed by atoms with E-state index >= 15 is 0 Å². The van der Waals surface area contributed by atoms with Crippen LogP contribution in [-0.2, 0) is 33.4 Å². The maximum atomic E-state index is 13.6. The number of hydrogen-bond donors (Lipinski definition) is 3. The van der Waals surface area contributed by atoms with Crippen molar-refractivity contribution < 1.29 is 38.1 Å². The van der Waals surface area contributed by atoms with Crippen molar-refractivity contribution in [2.24, 2.45) is 0 Å². The average Bonchev–Trinajstić information content (AvgIpc) is 3.41. The normalized spacial score (nSPS) is 23.8. The average molecular weight is 576 g/mol. The molecule has 0 unspecified atom stereocenters. The second kappa shape index (κ2) is 16.2. The van der Waals surface area contributed by atoms with Crippen LogP contribution in [-0.4, -0.2) is 131 Å². The number of ether oxygens (including phenoxy) is 4. The Kier molecular flexibility index (Phi) is 12.2. The van der Waals surface area contributed by atoms with Crippen molar-refractivity contribution >= 4 is 23.6 Å². The van der Waals surface area contributed by atoms with Crippen molar-refractivity contribution in [2.45, 2.75) is 37.4 Å². The Balaban J connectivity index is 1.37. The first-order valence-corrected chi connectivity index (χ1v) is 14.3.